The summed E-state index contributed by atoms with van der Waals surface area (Å²) >= 11 is 0. The second-order valence-electron chi connectivity index (χ2n) is 6.42. The fourth-order valence-corrected chi connectivity index (χ4v) is 2.17. The maximum Gasteiger partial charge on any atom is 0.416 e. The van der Waals surface area contributed by atoms with Gasteiger partial charge in [-0.05, 0) is 37.1 Å². The van der Waals surface area contributed by atoms with E-state index >= 15 is 0 Å². The Labute approximate surface area is 144 Å². The molecule has 3 N–H and O–H groups in total. The second-order valence-corrected chi connectivity index (χ2v) is 6.42. The fourth-order valence-electron chi connectivity index (χ4n) is 2.17. The number of carbonyl (C=O) groups excluding carboxylic acids is 1. The van der Waals surface area contributed by atoms with E-state index in [2.05, 4.69) is 10.4 Å². The van der Waals surface area contributed by atoms with Crippen molar-refractivity contribution in [2.45, 2.75) is 32.5 Å². The number of amides is 1. The van der Waals surface area contributed by atoms with E-state index in [1.807, 2.05) is 20.8 Å². The van der Waals surface area contributed by atoms with Gasteiger partial charge in [-0.3, -0.25) is 4.79 Å². The van der Waals surface area contributed by atoms with Gasteiger partial charge in [0.2, 0.25) is 0 Å². The number of halogens is 3. The molecule has 0 aliphatic rings. The van der Waals surface area contributed by atoms with Crippen molar-refractivity contribution >= 4 is 5.91 Å². The van der Waals surface area contributed by atoms with Crippen LogP contribution in [0, 0.1) is 5.92 Å². The van der Waals surface area contributed by atoms with Crippen LogP contribution in [0.3, 0.4) is 0 Å². The van der Waals surface area contributed by atoms with Crippen molar-refractivity contribution in [3.8, 4) is 5.69 Å². The highest BCUT2D eigenvalue weighted by Crippen LogP contribution is 2.30. The lowest BCUT2D eigenvalue weighted by Gasteiger charge is -2.33. The molecule has 0 aliphatic heterocycles. The van der Waals surface area contributed by atoms with Crippen LogP contribution in [-0.4, -0.2) is 27.8 Å². The van der Waals surface area contributed by atoms with Crippen LogP contribution >= 0.6 is 0 Å². The maximum atomic E-state index is 12.8. The van der Waals surface area contributed by atoms with Gasteiger partial charge < -0.3 is 11.1 Å². The van der Waals surface area contributed by atoms with Crippen molar-refractivity contribution in [3.63, 3.8) is 0 Å². The number of carbonyl (C=O) groups is 1. The van der Waals surface area contributed by atoms with E-state index in [9.17, 15) is 18.0 Å². The van der Waals surface area contributed by atoms with Crippen molar-refractivity contribution in [2.24, 2.45) is 11.7 Å². The van der Waals surface area contributed by atoms with E-state index in [0.29, 0.717) is 0 Å². The van der Waals surface area contributed by atoms with Crippen LogP contribution in [0.5, 0.6) is 0 Å². The summed E-state index contributed by atoms with van der Waals surface area (Å²) in [6.45, 7) is 5.97. The third-order valence-electron chi connectivity index (χ3n) is 4.36. The topological polar surface area (TPSA) is 72.9 Å². The highest BCUT2D eigenvalue weighted by molar-refractivity contribution is 5.92. The quantitative estimate of drug-likeness (QED) is 0.867. The molecule has 1 aromatic carbocycles. The number of nitrogens with zero attached hydrogens (tertiary/aromatic N) is 2. The molecule has 0 saturated heterocycles. The Kier molecular flexibility index (Phi) is 5.22. The van der Waals surface area contributed by atoms with Gasteiger partial charge >= 0.3 is 6.18 Å². The zero-order chi connectivity index (χ0) is 18.8. The zero-order valence-corrected chi connectivity index (χ0v) is 14.3. The average Bonchev–Trinajstić information content (AvgIpc) is 3.04. The number of nitrogens with one attached hydrogen (secondary N) is 1. The molecule has 0 aliphatic carbocycles. The van der Waals surface area contributed by atoms with Crippen molar-refractivity contribution in [1.82, 2.24) is 15.1 Å². The van der Waals surface area contributed by atoms with Gasteiger partial charge in [-0.2, -0.15) is 18.3 Å². The number of rotatable bonds is 5. The number of alkyl halides is 3. The first-order valence-electron chi connectivity index (χ1n) is 7.83. The van der Waals surface area contributed by atoms with E-state index < -0.39 is 23.2 Å². The molecule has 0 radical (unpaired) electrons. The van der Waals surface area contributed by atoms with E-state index in [4.69, 9.17) is 5.73 Å². The number of aromatic nitrogens is 2. The molecule has 2 rings (SSSR count). The predicted molar refractivity (Wildman–Crippen MR) is 88.3 cm³/mol. The Bertz CT molecular complexity index is 754. The van der Waals surface area contributed by atoms with Crippen molar-refractivity contribution in [1.29, 1.82) is 0 Å². The van der Waals surface area contributed by atoms with E-state index in [0.717, 1.165) is 12.1 Å². The van der Waals surface area contributed by atoms with Crippen LogP contribution in [0.15, 0.2) is 36.5 Å². The van der Waals surface area contributed by atoms with Crippen LogP contribution in [-0.2, 0) is 6.18 Å². The first-order valence-corrected chi connectivity index (χ1v) is 7.83. The molecule has 0 saturated carbocycles. The second kappa shape index (κ2) is 6.87. The monoisotopic (exact) mass is 354 g/mol. The number of benzene rings is 1. The van der Waals surface area contributed by atoms with Crippen LogP contribution in [0.25, 0.3) is 5.69 Å². The van der Waals surface area contributed by atoms with Crippen LogP contribution in [0.2, 0.25) is 0 Å². The largest absolute Gasteiger partial charge is 0.416 e. The van der Waals surface area contributed by atoms with Gasteiger partial charge in [0, 0.05) is 12.7 Å². The number of hydrogen-bond acceptors (Lipinski definition) is 3. The Morgan fingerprint density at radius 2 is 2.00 bits per heavy atom. The van der Waals surface area contributed by atoms with Crippen LogP contribution < -0.4 is 11.1 Å². The van der Waals surface area contributed by atoms with Gasteiger partial charge in [0.05, 0.1) is 16.8 Å². The molecule has 8 heteroatoms. The van der Waals surface area contributed by atoms with Crippen molar-refractivity contribution < 1.29 is 18.0 Å². The summed E-state index contributed by atoms with van der Waals surface area (Å²) in [6.07, 6.45) is -3.00. The summed E-state index contributed by atoms with van der Waals surface area (Å²) in [6, 6.07) is 6.20. The third-order valence-corrected chi connectivity index (χ3v) is 4.36. The van der Waals surface area contributed by atoms with Crippen molar-refractivity contribution in [2.75, 3.05) is 6.54 Å². The summed E-state index contributed by atoms with van der Waals surface area (Å²) < 4.78 is 39.7. The molecular weight excluding hydrogens is 333 g/mol. The van der Waals surface area contributed by atoms with Gasteiger partial charge in [0.25, 0.3) is 5.91 Å². The first kappa shape index (κ1) is 19.0. The van der Waals surface area contributed by atoms with E-state index in [1.165, 1.54) is 29.1 Å². The van der Waals surface area contributed by atoms with Gasteiger partial charge in [0.15, 0.2) is 5.69 Å². The van der Waals surface area contributed by atoms with Gasteiger partial charge in [-0.15, -0.1) is 0 Å². The SMILES string of the molecule is CC(C)C(C)(CN)NC(=O)c1ccn(-c2cccc(C(F)(F)F)c2)n1. The normalized spacial score (nSPS) is 14.4. The van der Waals surface area contributed by atoms with Gasteiger partial charge in [-0.1, -0.05) is 19.9 Å². The Morgan fingerprint density at radius 3 is 2.56 bits per heavy atom. The minimum absolute atomic E-state index is 0.104. The lowest BCUT2D eigenvalue weighted by atomic mass is 9.88. The minimum atomic E-state index is -4.44. The molecule has 1 heterocycles. The molecule has 0 spiro atoms. The molecule has 1 aromatic heterocycles. The summed E-state index contributed by atoms with van der Waals surface area (Å²) in [5.41, 5.74) is 4.70. The summed E-state index contributed by atoms with van der Waals surface area (Å²) in [7, 11) is 0. The maximum absolute atomic E-state index is 12.8. The lowest BCUT2D eigenvalue weighted by Crippen LogP contribution is -2.55. The Morgan fingerprint density at radius 1 is 1.32 bits per heavy atom. The van der Waals surface area contributed by atoms with Gasteiger partial charge in [-0.25, -0.2) is 4.68 Å². The molecular formula is C17H21F3N4O. The number of nitrogens with two attached hydrogens (primary N) is 1. The molecule has 0 fully saturated rings. The fraction of sp³-hybridized carbons (Fsp3) is 0.412. The molecule has 0 bridgehead atoms. The standard InChI is InChI=1S/C17H21F3N4O/c1-11(2)16(3,10-21)22-15(25)14-7-8-24(23-14)13-6-4-5-12(9-13)17(18,19)20/h4-9,11H,10,21H2,1-3H3,(H,22,25). The van der Waals surface area contributed by atoms with Crippen molar-refractivity contribution in [3.05, 3.63) is 47.8 Å². The molecule has 1 atom stereocenters. The zero-order valence-electron chi connectivity index (χ0n) is 14.3. The summed E-state index contributed by atoms with van der Waals surface area (Å²) in [5.74, 6) is -0.320. The Balaban J connectivity index is 2.24. The van der Waals surface area contributed by atoms with Gasteiger partial charge in [0.1, 0.15) is 0 Å². The molecule has 25 heavy (non-hydrogen) atoms. The summed E-state index contributed by atoms with van der Waals surface area (Å²) in [4.78, 5) is 12.4. The van der Waals surface area contributed by atoms with Crippen LogP contribution in [0.4, 0.5) is 13.2 Å². The minimum Gasteiger partial charge on any atom is -0.344 e. The van der Waals surface area contributed by atoms with E-state index in [1.54, 1.807) is 0 Å². The number of hydrogen-bond donors (Lipinski definition) is 2. The lowest BCUT2D eigenvalue weighted by molar-refractivity contribution is -0.137. The average molecular weight is 354 g/mol. The highest BCUT2D eigenvalue weighted by Gasteiger charge is 2.31. The third kappa shape index (κ3) is 4.19. The molecule has 2 aromatic rings. The first-order chi connectivity index (χ1) is 11.6. The summed E-state index contributed by atoms with van der Waals surface area (Å²) in [5, 5.41) is 6.92. The predicted octanol–water partition coefficient (Wildman–Crippen LogP) is 2.99. The molecule has 136 valence electrons. The highest BCUT2D eigenvalue weighted by atomic mass is 19.4. The molecule has 1 amide bonds. The molecule has 5 nitrogen and oxygen atoms in total. The van der Waals surface area contributed by atoms with Crippen LogP contribution in [0.1, 0.15) is 36.8 Å². The van der Waals surface area contributed by atoms with E-state index in [-0.39, 0.29) is 23.8 Å². The smallest absolute Gasteiger partial charge is 0.344 e. The Hall–Kier alpha value is -2.35. The molecule has 1 unspecified atom stereocenters.